The number of hydrogen-bond donors (Lipinski definition) is 3. The van der Waals surface area contributed by atoms with E-state index in [9.17, 15) is 9.59 Å². The van der Waals surface area contributed by atoms with Gasteiger partial charge in [0.1, 0.15) is 6.54 Å². The van der Waals surface area contributed by atoms with Crippen molar-refractivity contribution in [1.29, 1.82) is 0 Å². The van der Waals surface area contributed by atoms with Crippen molar-refractivity contribution in [2.75, 3.05) is 13.1 Å². The molecule has 0 aliphatic heterocycles. The summed E-state index contributed by atoms with van der Waals surface area (Å²) in [5, 5.41) is 18.3. The van der Waals surface area contributed by atoms with Crippen molar-refractivity contribution in [3.8, 4) is 0 Å². The Balaban J connectivity index is 2.34. The minimum absolute atomic E-state index is 0.151. The van der Waals surface area contributed by atoms with Gasteiger partial charge in [-0.15, -0.1) is 0 Å². The van der Waals surface area contributed by atoms with Crippen molar-refractivity contribution in [1.82, 2.24) is 20.4 Å². The van der Waals surface area contributed by atoms with Crippen LogP contribution >= 0.6 is 0 Å². The molecule has 0 atom stereocenters. The molecule has 1 rings (SSSR count). The molecule has 3 N–H and O–H groups in total. The lowest BCUT2D eigenvalue weighted by Crippen LogP contribution is -2.46. The van der Waals surface area contributed by atoms with Crippen LogP contribution in [0.2, 0.25) is 0 Å². The quantitative estimate of drug-likeness (QED) is 0.653. The summed E-state index contributed by atoms with van der Waals surface area (Å²) in [4.78, 5) is 23.9. The molecule has 0 spiro atoms. The van der Waals surface area contributed by atoms with Crippen LogP contribution in [0.3, 0.4) is 0 Å². The molecule has 0 aromatic carbocycles. The zero-order chi connectivity index (χ0) is 15.1. The van der Waals surface area contributed by atoms with Gasteiger partial charge in [0.15, 0.2) is 0 Å². The summed E-state index contributed by atoms with van der Waals surface area (Å²) in [5.74, 6) is -1.01. The predicted octanol–water partition coefficient (Wildman–Crippen LogP) is 1.16. The topological polar surface area (TPSA) is 98.3 Å². The van der Waals surface area contributed by atoms with Crippen LogP contribution in [0.5, 0.6) is 0 Å². The van der Waals surface area contributed by atoms with Crippen LogP contribution in [0.1, 0.15) is 31.5 Å². The number of hydrogen-bond acceptors (Lipinski definition) is 3. The number of carboxylic acids is 1. The fourth-order valence-electron chi connectivity index (χ4n) is 1.84. The lowest BCUT2D eigenvalue weighted by molar-refractivity contribution is -0.138. The first kappa shape index (κ1) is 16.0. The lowest BCUT2D eigenvalue weighted by Gasteiger charge is -2.25. The number of rotatable bonds is 7. The second-order valence-corrected chi connectivity index (χ2v) is 4.97. The smallest absolute Gasteiger partial charge is 0.323 e. The van der Waals surface area contributed by atoms with E-state index in [2.05, 4.69) is 15.5 Å². The van der Waals surface area contributed by atoms with Crippen molar-refractivity contribution < 1.29 is 14.7 Å². The number of aromatic amines is 1. The Morgan fingerprint density at radius 3 is 2.70 bits per heavy atom. The highest BCUT2D eigenvalue weighted by atomic mass is 16.4. The van der Waals surface area contributed by atoms with Gasteiger partial charge in [-0.25, -0.2) is 4.79 Å². The molecule has 0 unspecified atom stereocenters. The number of H-pyrrole nitrogens is 1. The second kappa shape index (κ2) is 7.52. The molecule has 0 radical (unpaired) electrons. The third kappa shape index (κ3) is 4.91. The van der Waals surface area contributed by atoms with E-state index in [0.717, 1.165) is 24.1 Å². The average Bonchev–Trinajstić information content (AvgIpc) is 2.76. The van der Waals surface area contributed by atoms with Crippen molar-refractivity contribution in [3.05, 3.63) is 17.5 Å². The van der Waals surface area contributed by atoms with E-state index in [0.29, 0.717) is 6.54 Å². The molecule has 0 bridgehead atoms. The molecule has 0 aliphatic carbocycles. The largest absolute Gasteiger partial charge is 0.480 e. The van der Waals surface area contributed by atoms with Gasteiger partial charge < -0.3 is 15.3 Å². The first-order valence-corrected chi connectivity index (χ1v) is 6.67. The van der Waals surface area contributed by atoms with E-state index in [1.807, 2.05) is 6.92 Å². The molecule has 7 nitrogen and oxygen atoms in total. The maximum atomic E-state index is 11.9. The van der Waals surface area contributed by atoms with E-state index >= 15 is 0 Å². The van der Waals surface area contributed by atoms with E-state index in [1.54, 1.807) is 20.0 Å². The first-order chi connectivity index (χ1) is 9.41. The third-order valence-electron chi connectivity index (χ3n) is 3.02. The average molecular weight is 282 g/mol. The number of carbonyl (C=O) groups is 2. The van der Waals surface area contributed by atoms with Gasteiger partial charge in [-0.1, -0.05) is 0 Å². The molecule has 112 valence electrons. The molecule has 2 amide bonds. The van der Waals surface area contributed by atoms with Crippen LogP contribution in [-0.4, -0.2) is 51.3 Å². The van der Waals surface area contributed by atoms with Crippen LogP contribution in [0, 0.1) is 6.92 Å². The maximum Gasteiger partial charge on any atom is 0.323 e. The van der Waals surface area contributed by atoms with Crippen molar-refractivity contribution >= 4 is 12.0 Å². The van der Waals surface area contributed by atoms with E-state index in [1.165, 1.54) is 4.90 Å². The van der Waals surface area contributed by atoms with E-state index < -0.39 is 5.97 Å². The Bertz CT molecular complexity index is 456. The summed E-state index contributed by atoms with van der Waals surface area (Å²) >= 11 is 0. The van der Waals surface area contributed by atoms with Crippen molar-refractivity contribution in [3.63, 3.8) is 0 Å². The van der Waals surface area contributed by atoms with E-state index in [-0.39, 0.29) is 18.6 Å². The molecule has 0 saturated carbocycles. The van der Waals surface area contributed by atoms with Gasteiger partial charge in [-0.2, -0.15) is 5.10 Å². The minimum Gasteiger partial charge on any atom is -0.480 e. The number of carboxylic acid groups (broad SMARTS) is 1. The molecule has 20 heavy (non-hydrogen) atoms. The van der Waals surface area contributed by atoms with E-state index in [4.69, 9.17) is 5.11 Å². The normalized spacial score (nSPS) is 10.6. The maximum absolute atomic E-state index is 11.9. The van der Waals surface area contributed by atoms with Crippen LogP contribution < -0.4 is 5.32 Å². The Labute approximate surface area is 118 Å². The van der Waals surface area contributed by atoms with Crippen LogP contribution in [0.4, 0.5) is 4.79 Å². The summed E-state index contributed by atoms with van der Waals surface area (Å²) in [6.07, 6.45) is 3.39. The molecule has 1 aromatic rings. The van der Waals surface area contributed by atoms with Gasteiger partial charge in [-0.3, -0.25) is 9.89 Å². The molecule has 1 heterocycles. The SMILES string of the molecule is Cc1[nH]ncc1CCCNC(=O)N(CC(=O)O)C(C)C. The van der Waals surface area contributed by atoms with Gasteiger partial charge in [-0.05, 0) is 39.2 Å². The van der Waals surface area contributed by atoms with Crippen LogP contribution in [-0.2, 0) is 11.2 Å². The summed E-state index contributed by atoms with van der Waals surface area (Å²) in [6.45, 7) is 5.75. The monoisotopic (exact) mass is 282 g/mol. The highest BCUT2D eigenvalue weighted by molar-refractivity contribution is 5.80. The number of carbonyl (C=O) groups excluding carboxylic acids is 1. The summed E-state index contributed by atoms with van der Waals surface area (Å²) in [7, 11) is 0. The molecule has 0 fully saturated rings. The molecular formula is C13H22N4O3. The Morgan fingerprint density at radius 1 is 1.50 bits per heavy atom. The number of aryl methyl sites for hydroxylation is 2. The number of aromatic nitrogens is 2. The van der Waals surface area contributed by atoms with Gasteiger partial charge in [0.05, 0.1) is 6.20 Å². The number of amides is 2. The van der Waals surface area contributed by atoms with Crippen molar-refractivity contribution in [2.24, 2.45) is 0 Å². The molecule has 7 heteroatoms. The van der Waals surface area contributed by atoms with Crippen LogP contribution in [0.15, 0.2) is 6.20 Å². The Hall–Kier alpha value is -2.05. The first-order valence-electron chi connectivity index (χ1n) is 6.67. The number of urea groups is 1. The summed E-state index contributed by atoms with van der Waals surface area (Å²) in [6, 6.07) is -0.492. The Morgan fingerprint density at radius 2 is 2.20 bits per heavy atom. The van der Waals surface area contributed by atoms with Gasteiger partial charge in [0.2, 0.25) is 0 Å². The van der Waals surface area contributed by atoms with Gasteiger partial charge in [0, 0.05) is 18.3 Å². The summed E-state index contributed by atoms with van der Waals surface area (Å²) in [5.41, 5.74) is 2.16. The zero-order valence-electron chi connectivity index (χ0n) is 12.1. The number of nitrogens with one attached hydrogen (secondary N) is 2. The lowest BCUT2D eigenvalue weighted by atomic mass is 10.1. The fraction of sp³-hybridized carbons (Fsp3) is 0.615. The minimum atomic E-state index is -1.01. The third-order valence-corrected chi connectivity index (χ3v) is 3.02. The standard InChI is InChI=1S/C13H22N4O3/c1-9(2)17(8-12(18)19)13(20)14-6-4-5-11-7-15-16-10(11)3/h7,9H,4-6,8H2,1-3H3,(H,14,20)(H,15,16)(H,18,19). The van der Waals surface area contributed by atoms with Crippen molar-refractivity contribution in [2.45, 2.75) is 39.7 Å². The second-order valence-electron chi connectivity index (χ2n) is 4.97. The highest BCUT2D eigenvalue weighted by Gasteiger charge is 2.19. The zero-order valence-corrected chi connectivity index (χ0v) is 12.1. The molecular weight excluding hydrogens is 260 g/mol. The Kier molecular flexibility index (Phi) is 6.02. The van der Waals surface area contributed by atoms with Gasteiger partial charge >= 0.3 is 12.0 Å². The number of nitrogens with zero attached hydrogens (tertiary/aromatic N) is 2. The number of aliphatic carboxylic acids is 1. The predicted molar refractivity (Wildman–Crippen MR) is 74.5 cm³/mol. The van der Waals surface area contributed by atoms with Gasteiger partial charge in [0.25, 0.3) is 0 Å². The highest BCUT2D eigenvalue weighted by Crippen LogP contribution is 2.05. The fourth-order valence-corrected chi connectivity index (χ4v) is 1.84. The van der Waals surface area contributed by atoms with Crippen LogP contribution in [0.25, 0.3) is 0 Å². The molecule has 1 aromatic heterocycles. The molecule has 0 saturated heterocycles. The summed E-state index contributed by atoms with van der Waals surface area (Å²) < 4.78 is 0. The molecule has 0 aliphatic rings.